The van der Waals surface area contributed by atoms with Gasteiger partial charge in [-0.15, -0.1) is 11.6 Å². The molecule has 1 aromatic heterocycles. The lowest BCUT2D eigenvalue weighted by Gasteiger charge is -2.12. The highest BCUT2D eigenvalue weighted by Crippen LogP contribution is 2.32. The van der Waals surface area contributed by atoms with Crippen LogP contribution >= 0.6 is 11.6 Å². The molecule has 0 aliphatic carbocycles. The number of aromatic nitrogens is 2. The van der Waals surface area contributed by atoms with Crippen LogP contribution in [0.3, 0.4) is 0 Å². The van der Waals surface area contributed by atoms with Crippen LogP contribution in [-0.4, -0.2) is 22.8 Å². The Hall–Kier alpha value is -1.27. The molecule has 21 heavy (non-hydrogen) atoms. The predicted molar refractivity (Wildman–Crippen MR) is 73.2 cm³/mol. The maximum absolute atomic E-state index is 12.8. The van der Waals surface area contributed by atoms with Gasteiger partial charge in [-0.3, -0.25) is 0 Å². The largest absolute Gasteiger partial charge is 0.416 e. The minimum Gasteiger partial charge on any atom is -0.381 e. The lowest BCUT2D eigenvalue weighted by molar-refractivity contribution is -0.137. The van der Waals surface area contributed by atoms with E-state index in [-0.39, 0.29) is 5.88 Å². The van der Waals surface area contributed by atoms with Crippen molar-refractivity contribution >= 4 is 22.6 Å². The van der Waals surface area contributed by atoms with E-state index in [1.807, 2.05) is 4.57 Å². The zero-order valence-electron chi connectivity index (χ0n) is 11.2. The zero-order valence-corrected chi connectivity index (χ0v) is 11.9. The molecule has 1 saturated heterocycles. The van der Waals surface area contributed by atoms with Crippen molar-refractivity contribution in [1.82, 2.24) is 9.55 Å². The van der Waals surface area contributed by atoms with E-state index in [9.17, 15) is 13.2 Å². The van der Waals surface area contributed by atoms with Crippen molar-refractivity contribution in [1.29, 1.82) is 0 Å². The molecular weight excluding hydrogens is 305 g/mol. The molecule has 0 radical (unpaired) electrons. The number of alkyl halides is 4. The van der Waals surface area contributed by atoms with Crippen LogP contribution in [0, 0.1) is 5.92 Å². The maximum Gasteiger partial charge on any atom is 0.416 e. The van der Waals surface area contributed by atoms with Gasteiger partial charge in [0.1, 0.15) is 5.82 Å². The fourth-order valence-electron chi connectivity index (χ4n) is 2.65. The molecule has 7 heteroatoms. The molecule has 3 nitrogen and oxygen atoms in total. The summed E-state index contributed by atoms with van der Waals surface area (Å²) in [6, 6.07) is 3.63. The number of hydrogen-bond acceptors (Lipinski definition) is 2. The third kappa shape index (κ3) is 2.87. The third-order valence-corrected chi connectivity index (χ3v) is 3.98. The summed E-state index contributed by atoms with van der Waals surface area (Å²) in [4.78, 5) is 4.24. The quantitative estimate of drug-likeness (QED) is 0.804. The van der Waals surface area contributed by atoms with E-state index >= 15 is 0 Å². The molecule has 0 saturated carbocycles. The fraction of sp³-hybridized carbons (Fsp3) is 0.500. The van der Waals surface area contributed by atoms with Crippen molar-refractivity contribution in [2.75, 3.05) is 13.2 Å². The highest BCUT2D eigenvalue weighted by Gasteiger charge is 2.31. The minimum absolute atomic E-state index is 0.170. The standard InChI is InChI=1S/C14H14ClF3N2O/c15-6-13-19-11-5-10(14(16,17)18)1-2-12(11)20(13)7-9-3-4-21-8-9/h1-2,5,9H,3-4,6-8H2. The van der Waals surface area contributed by atoms with Gasteiger partial charge in [-0.2, -0.15) is 13.2 Å². The van der Waals surface area contributed by atoms with E-state index in [0.29, 0.717) is 35.9 Å². The molecular formula is C14H14ClF3N2O. The third-order valence-electron chi connectivity index (χ3n) is 3.74. The SMILES string of the molecule is FC(F)(F)c1ccc2c(c1)nc(CCl)n2CC1CCOC1. The van der Waals surface area contributed by atoms with Crippen molar-refractivity contribution in [2.45, 2.75) is 25.0 Å². The van der Waals surface area contributed by atoms with Gasteiger partial charge in [-0.05, 0) is 24.6 Å². The predicted octanol–water partition coefficient (Wildman–Crippen LogP) is 3.83. The monoisotopic (exact) mass is 318 g/mol. The molecule has 0 N–H and O–H groups in total. The fourth-order valence-corrected chi connectivity index (χ4v) is 2.85. The zero-order chi connectivity index (χ0) is 15.0. The summed E-state index contributed by atoms with van der Waals surface area (Å²) >= 11 is 5.88. The Bertz CT molecular complexity index is 647. The van der Waals surface area contributed by atoms with Crippen LogP contribution in [0.25, 0.3) is 11.0 Å². The summed E-state index contributed by atoms with van der Waals surface area (Å²) in [7, 11) is 0. The van der Waals surface area contributed by atoms with Gasteiger partial charge in [0, 0.05) is 19.1 Å². The normalized spacial score (nSPS) is 19.5. The van der Waals surface area contributed by atoms with Crippen molar-refractivity contribution in [3.05, 3.63) is 29.6 Å². The molecule has 0 bridgehead atoms. The molecule has 3 rings (SSSR count). The second kappa shape index (κ2) is 5.50. The number of benzene rings is 1. The molecule has 1 aliphatic rings. The van der Waals surface area contributed by atoms with E-state index in [2.05, 4.69) is 4.98 Å². The van der Waals surface area contributed by atoms with E-state index in [1.54, 1.807) is 0 Å². The molecule has 1 aliphatic heterocycles. The van der Waals surface area contributed by atoms with Crippen LogP contribution < -0.4 is 0 Å². The average molecular weight is 319 g/mol. The Morgan fingerprint density at radius 2 is 2.19 bits per heavy atom. The first-order valence-electron chi connectivity index (χ1n) is 6.69. The van der Waals surface area contributed by atoms with Gasteiger partial charge < -0.3 is 9.30 Å². The highest BCUT2D eigenvalue weighted by molar-refractivity contribution is 6.16. The molecule has 2 heterocycles. The highest BCUT2D eigenvalue weighted by atomic mass is 35.5. The minimum atomic E-state index is -4.36. The van der Waals surface area contributed by atoms with Gasteiger partial charge in [-0.1, -0.05) is 0 Å². The van der Waals surface area contributed by atoms with Gasteiger partial charge in [0.2, 0.25) is 0 Å². The first-order chi connectivity index (χ1) is 9.99. The molecule has 114 valence electrons. The molecule has 1 fully saturated rings. The Balaban J connectivity index is 2.01. The van der Waals surface area contributed by atoms with E-state index in [1.165, 1.54) is 6.07 Å². The first kappa shape index (κ1) is 14.7. The number of nitrogens with zero attached hydrogens (tertiary/aromatic N) is 2. The lowest BCUT2D eigenvalue weighted by atomic mass is 10.1. The van der Waals surface area contributed by atoms with Gasteiger partial charge in [-0.25, -0.2) is 4.98 Å². The van der Waals surface area contributed by atoms with Crippen LogP contribution in [0.1, 0.15) is 17.8 Å². The summed E-state index contributed by atoms with van der Waals surface area (Å²) in [5.41, 5.74) is 0.329. The van der Waals surface area contributed by atoms with Gasteiger partial charge in [0.15, 0.2) is 0 Å². The van der Waals surface area contributed by atoms with E-state index < -0.39 is 11.7 Å². The Kier molecular flexibility index (Phi) is 3.84. The number of rotatable bonds is 3. The number of halogens is 4. The molecule has 1 aromatic carbocycles. The molecule has 0 spiro atoms. The summed E-state index contributed by atoms with van der Waals surface area (Å²) in [5.74, 6) is 1.12. The molecule has 1 unspecified atom stereocenters. The molecule has 1 atom stereocenters. The summed E-state index contributed by atoms with van der Waals surface area (Å²) in [5, 5.41) is 0. The first-order valence-corrected chi connectivity index (χ1v) is 7.22. The van der Waals surface area contributed by atoms with Crippen molar-refractivity contribution in [3.63, 3.8) is 0 Å². The van der Waals surface area contributed by atoms with Crippen LogP contribution in [-0.2, 0) is 23.3 Å². The summed E-state index contributed by atoms with van der Waals surface area (Å²) in [6.45, 7) is 2.07. The van der Waals surface area contributed by atoms with E-state index in [0.717, 1.165) is 25.2 Å². The number of imidazole rings is 1. The van der Waals surface area contributed by atoms with Gasteiger partial charge >= 0.3 is 6.18 Å². The number of fused-ring (bicyclic) bond motifs is 1. The Morgan fingerprint density at radius 3 is 2.81 bits per heavy atom. The topological polar surface area (TPSA) is 27.1 Å². The van der Waals surface area contributed by atoms with Crippen molar-refractivity contribution < 1.29 is 17.9 Å². The Labute approximate surface area is 124 Å². The number of ether oxygens (including phenoxy) is 1. The van der Waals surface area contributed by atoms with Crippen LogP contribution in [0.2, 0.25) is 0 Å². The summed E-state index contributed by atoms with van der Waals surface area (Å²) < 4.78 is 45.5. The Morgan fingerprint density at radius 1 is 1.38 bits per heavy atom. The molecule has 0 amide bonds. The van der Waals surface area contributed by atoms with Crippen LogP contribution in [0.5, 0.6) is 0 Å². The van der Waals surface area contributed by atoms with Crippen molar-refractivity contribution in [3.8, 4) is 0 Å². The van der Waals surface area contributed by atoms with Crippen molar-refractivity contribution in [2.24, 2.45) is 5.92 Å². The van der Waals surface area contributed by atoms with Gasteiger partial charge in [0.25, 0.3) is 0 Å². The van der Waals surface area contributed by atoms with Crippen LogP contribution in [0.15, 0.2) is 18.2 Å². The summed E-state index contributed by atoms with van der Waals surface area (Å²) in [6.07, 6.45) is -3.42. The lowest BCUT2D eigenvalue weighted by Crippen LogP contribution is -2.12. The smallest absolute Gasteiger partial charge is 0.381 e. The average Bonchev–Trinajstić information content (AvgIpc) is 3.05. The second-order valence-electron chi connectivity index (χ2n) is 5.20. The van der Waals surface area contributed by atoms with Gasteiger partial charge in [0.05, 0.1) is 29.1 Å². The van der Waals surface area contributed by atoms with Crippen LogP contribution in [0.4, 0.5) is 13.2 Å². The maximum atomic E-state index is 12.8. The second-order valence-corrected chi connectivity index (χ2v) is 5.47. The molecule has 2 aromatic rings. The van der Waals surface area contributed by atoms with E-state index in [4.69, 9.17) is 16.3 Å². The number of hydrogen-bond donors (Lipinski definition) is 0.